The number of nitrogens with two attached hydrogens (primary N) is 1. The molecule has 3 rings (SSSR count). The third-order valence-corrected chi connectivity index (χ3v) is 8.72. The van der Waals surface area contributed by atoms with Gasteiger partial charge < -0.3 is 11.1 Å². The Morgan fingerprint density at radius 2 is 1.66 bits per heavy atom. The smallest absolute Gasteiger partial charge is 0.256 e. The molecule has 0 bridgehead atoms. The number of sulfonamides is 1. The fraction of sp³-hybridized carbons (Fsp3) is 0.478. The number of primary amides is 1. The zero-order valence-corrected chi connectivity index (χ0v) is 20.3. The number of carbonyl (C=O) groups excluding carboxylic acids is 2. The second kappa shape index (κ2) is 10.6. The maximum Gasteiger partial charge on any atom is 0.256 e. The Balaban J connectivity index is 1.82. The van der Waals surface area contributed by atoms with Gasteiger partial charge in [-0.05, 0) is 68.4 Å². The van der Waals surface area contributed by atoms with Crippen LogP contribution in [-0.2, 0) is 22.9 Å². The molecule has 32 heavy (non-hydrogen) atoms. The van der Waals surface area contributed by atoms with Crippen molar-refractivity contribution in [3.05, 3.63) is 45.8 Å². The number of thiophene rings is 1. The van der Waals surface area contributed by atoms with Crippen molar-refractivity contribution in [3.8, 4) is 0 Å². The highest BCUT2D eigenvalue weighted by molar-refractivity contribution is 7.89. The molecule has 2 aromatic rings. The molecule has 0 spiro atoms. The average Bonchev–Trinajstić information content (AvgIpc) is 2.94. The van der Waals surface area contributed by atoms with Gasteiger partial charge in [0.25, 0.3) is 11.8 Å². The molecule has 2 amide bonds. The molecule has 1 aliphatic carbocycles. The third kappa shape index (κ3) is 5.22. The van der Waals surface area contributed by atoms with E-state index in [2.05, 4.69) is 5.32 Å². The number of hydrogen-bond acceptors (Lipinski definition) is 5. The molecule has 0 saturated carbocycles. The van der Waals surface area contributed by atoms with Gasteiger partial charge in [-0.25, -0.2) is 8.42 Å². The maximum atomic E-state index is 12.9. The number of aryl methyl sites for hydroxylation is 1. The fourth-order valence-corrected chi connectivity index (χ4v) is 6.96. The number of amides is 2. The zero-order chi connectivity index (χ0) is 23.3. The highest BCUT2D eigenvalue weighted by Crippen LogP contribution is 2.37. The van der Waals surface area contributed by atoms with Gasteiger partial charge in [-0.15, -0.1) is 11.3 Å². The summed E-state index contributed by atoms with van der Waals surface area (Å²) in [6.07, 6.45) is 6.31. The molecule has 1 heterocycles. The largest absolute Gasteiger partial charge is 0.365 e. The summed E-state index contributed by atoms with van der Waals surface area (Å²) in [6, 6.07) is 5.92. The minimum atomic E-state index is -3.61. The molecular formula is C23H31N3O4S2. The maximum absolute atomic E-state index is 12.9. The summed E-state index contributed by atoms with van der Waals surface area (Å²) in [7, 11) is -3.61. The van der Waals surface area contributed by atoms with E-state index in [1.165, 1.54) is 39.9 Å². The van der Waals surface area contributed by atoms with E-state index in [9.17, 15) is 18.0 Å². The lowest BCUT2D eigenvalue weighted by atomic mass is 10.1. The van der Waals surface area contributed by atoms with E-state index >= 15 is 0 Å². The lowest BCUT2D eigenvalue weighted by Gasteiger charge is -2.21. The molecular weight excluding hydrogens is 446 g/mol. The standard InChI is InChI=1S/C23H31N3O4S2/c1-3-14-26(15-4-2)32(29,30)17-12-10-16(11-13-17)22(28)25-23-20(21(24)27)18-8-6-5-7-9-19(18)31-23/h10-13H,3-9,14-15H2,1-2H3,(H2,24,27)(H,25,28). The molecule has 0 saturated heterocycles. The Bertz CT molecular complexity index is 1070. The number of benzene rings is 1. The van der Waals surface area contributed by atoms with Crippen LogP contribution in [0.1, 0.15) is 77.1 Å². The molecule has 0 unspecified atom stereocenters. The molecule has 7 nitrogen and oxygen atoms in total. The minimum absolute atomic E-state index is 0.164. The lowest BCUT2D eigenvalue weighted by molar-refractivity contribution is 0.100. The van der Waals surface area contributed by atoms with E-state index < -0.39 is 21.8 Å². The number of fused-ring (bicyclic) bond motifs is 1. The summed E-state index contributed by atoms with van der Waals surface area (Å²) >= 11 is 1.41. The summed E-state index contributed by atoms with van der Waals surface area (Å²) in [5.74, 6) is -0.931. The quantitative estimate of drug-likeness (QED) is 0.528. The van der Waals surface area contributed by atoms with E-state index in [0.717, 1.165) is 55.4 Å². The van der Waals surface area contributed by atoms with E-state index in [1.54, 1.807) is 0 Å². The van der Waals surface area contributed by atoms with Gasteiger partial charge in [0.2, 0.25) is 10.0 Å². The second-order valence-corrected chi connectivity index (χ2v) is 11.1. The van der Waals surface area contributed by atoms with Gasteiger partial charge in [-0.2, -0.15) is 4.31 Å². The molecule has 0 aliphatic heterocycles. The van der Waals surface area contributed by atoms with Gasteiger partial charge in [0.1, 0.15) is 5.00 Å². The SMILES string of the molecule is CCCN(CCC)S(=O)(=O)c1ccc(C(=O)Nc2sc3c(c2C(N)=O)CCCCC3)cc1. The molecule has 0 fully saturated rings. The van der Waals surface area contributed by atoms with Gasteiger partial charge in [0.05, 0.1) is 10.5 Å². The van der Waals surface area contributed by atoms with Crippen LogP contribution in [0.5, 0.6) is 0 Å². The van der Waals surface area contributed by atoms with E-state index in [1.807, 2.05) is 13.8 Å². The van der Waals surface area contributed by atoms with E-state index in [4.69, 9.17) is 5.73 Å². The summed E-state index contributed by atoms with van der Waals surface area (Å²) in [6.45, 7) is 4.79. The minimum Gasteiger partial charge on any atom is -0.365 e. The van der Waals surface area contributed by atoms with Crippen LogP contribution in [0.25, 0.3) is 0 Å². The van der Waals surface area contributed by atoms with Crippen molar-refractivity contribution in [3.63, 3.8) is 0 Å². The van der Waals surface area contributed by atoms with Crippen molar-refractivity contribution in [2.24, 2.45) is 5.73 Å². The van der Waals surface area contributed by atoms with Crippen molar-refractivity contribution in [1.82, 2.24) is 4.31 Å². The first-order chi connectivity index (χ1) is 15.3. The van der Waals surface area contributed by atoms with Crippen LogP contribution < -0.4 is 11.1 Å². The predicted octanol–water partition coefficient (Wildman–Crippen LogP) is 4.18. The van der Waals surface area contributed by atoms with Crippen molar-refractivity contribution in [1.29, 1.82) is 0 Å². The normalized spacial score (nSPS) is 14.1. The molecule has 1 aromatic carbocycles. The summed E-state index contributed by atoms with van der Waals surface area (Å²) in [5.41, 5.74) is 7.33. The molecule has 1 aliphatic rings. The van der Waals surface area contributed by atoms with Crippen LogP contribution in [0.4, 0.5) is 5.00 Å². The van der Waals surface area contributed by atoms with Crippen LogP contribution >= 0.6 is 11.3 Å². The number of nitrogens with zero attached hydrogens (tertiary/aromatic N) is 1. The van der Waals surface area contributed by atoms with Crippen LogP contribution in [-0.4, -0.2) is 37.6 Å². The fourth-order valence-electron chi connectivity index (χ4n) is 4.04. The summed E-state index contributed by atoms with van der Waals surface area (Å²) < 4.78 is 27.3. The van der Waals surface area contributed by atoms with Crippen LogP contribution in [0, 0.1) is 0 Å². The number of anilines is 1. The van der Waals surface area contributed by atoms with E-state index in [-0.39, 0.29) is 4.90 Å². The van der Waals surface area contributed by atoms with Gasteiger partial charge in [0, 0.05) is 23.5 Å². The summed E-state index contributed by atoms with van der Waals surface area (Å²) in [4.78, 5) is 26.2. The Morgan fingerprint density at radius 3 is 2.25 bits per heavy atom. The van der Waals surface area contributed by atoms with Gasteiger partial charge in [-0.3, -0.25) is 9.59 Å². The number of hydrogen-bond donors (Lipinski definition) is 2. The van der Waals surface area contributed by atoms with Crippen LogP contribution in [0.3, 0.4) is 0 Å². The average molecular weight is 478 g/mol. The lowest BCUT2D eigenvalue weighted by Crippen LogP contribution is -2.32. The van der Waals surface area contributed by atoms with Crippen LogP contribution in [0.2, 0.25) is 0 Å². The zero-order valence-electron chi connectivity index (χ0n) is 18.6. The van der Waals surface area contributed by atoms with Crippen molar-refractivity contribution >= 4 is 38.2 Å². The Labute approximate surface area is 194 Å². The highest BCUT2D eigenvalue weighted by atomic mass is 32.2. The first-order valence-corrected chi connectivity index (χ1v) is 13.4. The molecule has 1 aromatic heterocycles. The van der Waals surface area contributed by atoms with Crippen molar-refractivity contribution < 1.29 is 18.0 Å². The third-order valence-electron chi connectivity index (χ3n) is 5.60. The monoisotopic (exact) mass is 477 g/mol. The van der Waals surface area contributed by atoms with E-state index in [0.29, 0.717) is 29.2 Å². The second-order valence-electron chi connectivity index (χ2n) is 8.02. The van der Waals surface area contributed by atoms with Crippen molar-refractivity contribution in [2.75, 3.05) is 18.4 Å². The first kappa shape index (κ1) is 24.4. The number of carbonyl (C=O) groups is 2. The van der Waals surface area contributed by atoms with Gasteiger partial charge >= 0.3 is 0 Å². The number of rotatable bonds is 9. The van der Waals surface area contributed by atoms with Crippen molar-refractivity contribution in [2.45, 2.75) is 63.7 Å². The Morgan fingerprint density at radius 1 is 1.03 bits per heavy atom. The Kier molecular flexibility index (Phi) is 8.08. The topological polar surface area (TPSA) is 110 Å². The molecule has 0 atom stereocenters. The van der Waals surface area contributed by atoms with Gasteiger partial charge in [0.15, 0.2) is 0 Å². The number of nitrogens with one attached hydrogen (secondary N) is 1. The molecule has 0 radical (unpaired) electrons. The Hall–Kier alpha value is -2.23. The van der Waals surface area contributed by atoms with Gasteiger partial charge in [-0.1, -0.05) is 20.3 Å². The highest BCUT2D eigenvalue weighted by Gasteiger charge is 2.26. The summed E-state index contributed by atoms with van der Waals surface area (Å²) in [5, 5.41) is 3.30. The first-order valence-electron chi connectivity index (χ1n) is 11.2. The molecule has 9 heteroatoms. The molecule has 174 valence electrons. The molecule has 3 N–H and O–H groups in total. The predicted molar refractivity (Wildman–Crippen MR) is 128 cm³/mol. The van der Waals surface area contributed by atoms with Crippen LogP contribution in [0.15, 0.2) is 29.2 Å².